The quantitative estimate of drug-likeness (QED) is 0.469. The van der Waals surface area contributed by atoms with E-state index in [1.54, 1.807) is 5.51 Å². The minimum Gasteiger partial charge on any atom is -1.00 e. The first-order valence-corrected chi connectivity index (χ1v) is 8.86. The Labute approximate surface area is 198 Å². The van der Waals surface area contributed by atoms with Crippen LogP contribution >= 0.6 is 11.3 Å². The van der Waals surface area contributed by atoms with Crippen molar-refractivity contribution >= 4 is 34.4 Å². The molecule has 3 aromatic rings. The van der Waals surface area contributed by atoms with Gasteiger partial charge in [0.05, 0.1) is 23.2 Å². The number of carboxylic acid groups (broad SMARTS) is 1. The predicted molar refractivity (Wildman–Crippen MR) is 94.8 cm³/mol. The smallest absolute Gasteiger partial charge is 1.00 e. The minimum atomic E-state index is -0.810. The fourth-order valence-corrected chi connectivity index (χ4v) is 3.02. The monoisotopic (exact) mass is 399 g/mol. The predicted octanol–water partition coefficient (Wildman–Crippen LogP) is 0.906. The van der Waals surface area contributed by atoms with Gasteiger partial charge < -0.3 is 11.3 Å². The summed E-state index contributed by atoms with van der Waals surface area (Å²) in [5.74, 6) is -0.354. The summed E-state index contributed by atoms with van der Waals surface area (Å²) in [5, 5.41) is 10.4. The van der Waals surface area contributed by atoms with E-state index in [0.29, 0.717) is 41.8 Å². The molecule has 2 aromatic heterocycles. The Morgan fingerprint density at radius 2 is 2.04 bits per heavy atom. The Hall–Kier alpha value is -1.10. The van der Waals surface area contributed by atoms with E-state index in [0.717, 1.165) is 0 Å². The van der Waals surface area contributed by atoms with Crippen LogP contribution in [-0.4, -0.2) is 38.3 Å². The third-order valence-electron chi connectivity index (χ3n) is 3.67. The minimum absolute atomic E-state index is 0. The molecule has 1 N–H and O–H groups in total. The van der Waals surface area contributed by atoms with Crippen molar-refractivity contribution in [3.05, 3.63) is 35.2 Å². The molecule has 3 rings (SSSR count). The van der Waals surface area contributed by atoms with Crippen molar-refractivity contribution in [3.63, 3.8) is 0 Å². The second-order valence-corrected chi connectivity index (χ2v) is 6.17. The molecule has 0 bridgehead atoms. The summed E-state index contributed by atoms with van der Waals surface area (Å²) >= 11 is 1.43. The maximum absolute atomic E-state index is 12.6. The number of nitrogens with zero attached hydrogens (tertiary/aromatic N) is 3. The molecule has 132 valence electrons. The molecule has 1 aromatic carbocycles. The van der Waals surface area contributed by atoms with Gasteiger partial charge in [-0.3, -0.25) is 4.79 Å². The Morgan fingerprint density at radius 1 is 1.23 bits per heavy atom. The molecule has 0 atom stereocenters. The molecule has 0 unspecified atom stereocenters. The van der Waals surface area contributed by atoms with E-state index in [9.17, 15) is 9.59 Å². The molecular formula is C17H18KN3O4S. The number of rotatable bonds is 7. The van der Waals surface area contributed by atoms with Crippen molar-refractivity contribution in [2.24, 2.45) is 0 Å². The number of fused-ring (bicyclic) bond motifs is 1. The Balaban J connectivity index is 0.00000182. The van der Waals surface area contributed by atoms with Gasteiger partial charge >= 0.3 is 63.4 Å². The van der Waals surface area contributed by atoms with Gasteiger partial charge in [0, 0.05) is 11.8 Å². The van der Waals surface area contributed by atoms with Gasteiger partial charge in [-0.25, -0.2) is 19.3 Å². The molecule has 0 saturated heterocycles. The van der Waals surface area contributed by atoms with Crippen LogP contribution in [0.2, 0.25) is 0 Å². The second kappa shape index (κ2) is 10.3. The van der Waals surface area contributed by atoms with Gasteiger partial charge in [-0.1, -0.05) is 12.1 Å². The van der Waals surface area contributed by atoms with E-state index < -0.39 is 12.1 Å². The van der Waals surface area contributed by atoms with Crippen LogP contribution in [0.25, 0.3) is 22.6 Å². The van der Waals surface area contributed by atoms with E-state index in [1.807, 2.05) is 29.6 Å². The zero-order chi connectivity index (χ0) is 17.6. The number of hydrogen-bond acceptors (Lipinski definition) is 6. The van der Waals surface area contributed by atoms with Crippen LogP contribution in [0, 0.1) is 0 Å². The first-order valence-electron chi connectivity index (χ1n) is 7.92. The van der Waals surface area contributed by atoms with Gasteiger partial charge in [-0.05, 0) is 31.4 Å². The number of aromatic nitrogens is 3. The number of carboxylic acids is 1. The van der Waals surface area contributed by atoms with Crippen molar-refractivity contribution in [2.75, 3.05) is 6.61 Å². The number of benzene rings is 1. The number of aliphatic carboxylic acids is 1. The zero-order valence-corrected chi connectivity index (χ0v) is 18.4. The fourth-order valence-electron chi connectivity index (χ4n) is 2.48. The van der Waals surface area contributed by atoms with Crippen LogP contribution in [-0.2, 0) is 9.53 Å². The van der Waals surface area contributed by atoms with E-state index in [1.165, 1.54) is 15.9 Å². The summed E-state index contributed by atoms with van der Waals surface area (Å²) in [5.41, 5.74) is 3.68. The number of ether oxygens (including phenoxy) is 1. The van der Waals surface area contributed by atoms with Gasteiger partial charge in [0.25, 0.3) is 0 Å². The fraction of sp³-hybridized carbons (Fsp3) is 0.294. The van der Waals surface area contributed by atoms with E-state index in [-0.39, 0.29) is 65.8 Å². The third-order valence-corrected chi connectivity index (χ3v) is 4.25. The van der Waals surface area contributed by atoms with Gasteiger partial charge in [0.15, 0.2) is 5.82 Å². The summed E-state index contributed by atoms with van der Waals surface area (Å²) < 4.78 is 6.78. The topological polar surface area (TPSA) is 94.3 Å². The molecule has 0 aliphatic rings. The summed E-state index contributed by atoms with van der Waals surface area (Å²) in [7, 11) is 0. The summed E-state index contributed by atoms with van der Waals surface area (Å²) in [6.07, 6.45) is 1.52. The number of para-hydroxylation sites is 2. The largest absolute Gasteiger partial charge is 1.00 e. The SMILES string of the molecule is O=C(O)CCCCCOC(=O)n1c(-c2cscn2)nc2ccccc21.[H-].[K+]. The van der Waals surface area contributed by atoms with Gasteiger partial charge in [-0.2, -0.15) is 0 Å². The van der Waals surface area contributed by atoms with Crippen LogP contribution in [0.1, 0.15) is 27.1 Å². The summed E-state index contributed by atoms with van der Waals surface area (Å²) in [6.45, 7) is 0.238. The van der Waals surface area contributed by atoms with E-state index >= 15 is 0 Å². The molecule has 26 heavy (non-hydrogen) atoms. The van der Waals surface area contributed by atoms with Crippen molar-refractivity contribution in [3.8, 4) is 11.5 Å². The average molecular weight is 400 g/mol. The number of hydrogen-bond donors (Lipinski definition) is 1. The van der Waals surface area contributed by atoms with Crippen LogP contribution in [0.4, 0.5) is 4.79 Å². The number of imidazole rings is 1. The number of unbranched alkanes of at least 4 members (excludes halogenated alkanes) is 2. The molecule has 0 fully saturated rings. The van der Waals surface area contributed by atoms with Crippen molar-refractivity contribution in [1.29, 1.82) is 0 Å². The molecule has 0 saturated carbocycles. The van der Waals surface area contributed by atoms with Crippen molar-refractivity contribution < 1.29 is 72.2 Å². The van der Waals surface area contributed by atoms with Crippen LogP contribution in [0.15, 0.2) is 35.2 Å². The second-order valence-electron chi connectivity index (χ2n) is 5.45. The van der Waals surface area contributed by atoms with Gasteiger partial charge in [-0.15, -0.1) is 11.3 Å². The Kier molecular flexibility index (Phi) is 8.39. The molecular weight excluding hydrogens is 381 g/mol. The van der Waals surface area contributed by atoms with Crippen LogP contribution in [0.3, 0.4) is 0 Å². The number of thiazole rings is 1. The third kappa shape index (κ3) is 5.21. The average Bonchev–Trinajstić information content (AvgIpc) is 3.24. The maximum Gasteiger partial charge on any atom is 1.00 e. The number of carbonyl (C=O) groups excluding carboxylic acids is 1. The Bertz CT molecular complexity index is 886. The molecule has 9 heteroatoms. The molecule has 0 aliphatic carbocycles. The summed E-state index contributed by atoms with van der Waals surface area (Å²) in [6, 6.07) is 7.34. The molecule has 0 aliphatic heterocycles. The van der Waals surface area contributed by atoms with Crippen molar-refractivity contribution in [1.82, 2.24) is 14.5 Å². The molecule has 0 spiro atoms. The molecule has 2 heterocycles. The summed E-state index contributed by atoms with van der Waals surface area (Å²) in [4.78, 5) is 31.8. The number of carbonyl (C=O) groups is 2. The van der Waals surface area contributed by atoms with Crippen LogP contribution in [0.5, 0.6) is 0 Å². The zero-order valence-electron chi connectivity index (χ0n) is 15.4. The molecule has 7 nitrogen and oxygen atoms in total. The standard InChI is InChI=1S/C17H17N3O4S.K.H/c21-15(22)8-2-1-5-9-24-17(23)20-14-7-4-3-6-12(14)19-16(20)13-10-25-11-18-13;;/h3-4,6-7,10-11H,1-2,5,8-9H2,(H,21,22);;/q;+1;-1. The van der Waals surface area contributed by atoms with Gasteiger partial charge in [0.2, 0.25) is 0 Å². The van der Waals surface area contributed by atoms with E-state index in [2.05, 4.69) is 9.97 Å². The Morgan fingerprint density at radius 3 is 2.77 bits per heavy atom. The normalized spacial score (nSPS) is 10.5. The maximum atomic E-state index is 12.6. The van der Waals surface area contributed by atoms with Gasteiger partial charge in [0.1, 0.15) is 5.69 Å². The first-order chi connectivity index (χ1) is 12.2. The molecule has 0 radical (unpaired) electrons. The van der Waals surface area contributed by atoms with Crippen LogP contribution < -0.4 is 51.4 Å². The molecule has 0 amide bonds. The first kappa shape index (κ1) is 21.2. The van der Waals surface area contributed by atoms with E-state index in [4.69, 9.17) is 9.84 Å². The van der Waals surface area contributed by atoms with Crippen molar-refractivity contribution in [2.45, 2.75) is 25.7 Å².